The van der Waals surface area contributed by atoms with Gasteiger partial charge in [-0.15, -0.1) is 0 Å². The van der Waals surface area contributed by atoms with Gasteiger partial charge in [-0.1, -0.05) is 18.2 Å². The molecule has 0 fully saturated rings. The van der Waals surface area contributed by atoms with Crippen molar-refractivity contribution >= 4 is 26.9 Å². The van der Waals surface area contributed by atoms with Gasteiger partial charge in [-0.05, 0) is 43.8 Å². The quantitative estimate of drug-likeness (QED) is 0.547. The first kappa shape index (κ1) is 22.2. The third-order valence-electron chi connectivity index (χ3n) is 5.23. The lowest BCUT2D eigenvalue weighted by Crippen LogP contribution is -2.34. The Bertz CT molecular complexity index is 1290. The highest BCUT2D eigenvalue weighted by molar-refractivity contribution is 7.90. The van der Waals surface area contributed by atoms with Crippen LogP contribution in [0.2, 0.25) is 0 Å². The Morgan fingerprint density at radius 2 is 1.88 bits per heavy atom. The minimum atomic E-state index is -5.18. The maximum Gasteiger partial charge on any atom is 0.490 e. The molecule has 0 amide bonds. The lowest BCUT2D eigenvalue weighted by atomic mass is 10.0. The molecule has 1 atom stereocenters. The third-order valence-corrected chi connectivity index (χ3v) is 6.92. The molecule has 0 saturated carbocycles. The SMILES string of the molecule is Cc1cc2c(c3ccn(S(=O)(=O)c4ccccc4)c13)C(OC(=O)C(F)(F)F)N(C)CCO2. The number of rotatable bonds is 3. The number of esters is 1. The summed E-state index contributed by atoms with van der Waals surface area (Å²) >= 11 is 0. The van der Waals surface area contributed by atoms with E-state index in [4.69, 9.17) is 9.47 Å². The van der Waals surface area contributed by atoms with Crippen molar-refractivity contribution in [2.24, 2.45) is 0 Å². The number of alkyl halides is 3. The molecule has 1 aromatic heterocycles. The summed E-state index contributed by atoms with van der Waals surface area (Å²) in [4.78, 5) is 13.1. The fourth-order valence-corrected chi connectivity index (χ4v) is 5.16. The van der Waals surface area contributed by atoms with Crippen LogP contribution < -0.4 is 4.74 Å². The summed E-state index contributed by atoms with van der Waals surface area (Å²) in [5.74, 6) is -2.11. The lowest BCUT2D eigenvalue weighted by molar-refractivity contribution is -0.212. The van der Waals surface area contributed by atoms with Gasteiger partial charge in [-0.2, -0.15) is 13.2 Å². The Balaban J connectivity index is 1.94. The number of nitrogens with zero attached hydrogens (tertiary/aromatic N) is 2. The first-order valence-corrected chi connectivity index (χ1v) is 11.0. The largest absolute Gasteiger partial charge is 0.492 e. The molecular formula is C21H19F3N2O5S. The van der Waals surface area contributed by atoms with Gasteiger partial charge in [0.1, 0.15) is 12.4 Å². The van der Waals surface area contributed by atoms with Crippen LogP contribution in [0.3, 0.4) is 0 Å². The van der Waals surface area contributed by atoms with Crippen LogP contribution in [0, 0.1) is 6.92 Å². The van der Waals surface area contributed by atoms with E-state index in [-0.39, 0.29) is 34.9 Å². The molecule has 1 aliphatic heterocycles. The van der Waals surface area contributed by atoms with E-state index >= 15 is 0 Å². The van der Waals surface area contributed by atoms with E-state index in [9.17, 15) is 26.4 Å². The van der Waals surface area contributed by atoms with Gasteiger partial charge in [0.15, 0.2) is 6.23 Å². The number of hydrogen-bond acceptors (Lipinski definition) is 6. The van der Waals surface area contributed by atoms with Crippen LogP contribution >= 0.6 is 0 Å². The second kappa shape index (κ2) is 7.82. The minimum Gasteiger partial charge on any atom is -0.492 e. The summed E-state index contributed by atoms with van der Waals surface area (Å²) in [7, 11) is -2.49. The molecular weight excluding hydrogens is 449 g/mol. The molecule has 11 heteroatoms. The fourth-order valence-electron chi connectivity index (χ4n) is 3.73. The number of fused-ring (bicyclic) bond motifs is 3. The number of halogens is 3. The van der Waals surface area contributed by atoms with Crippen molar-refractivity contribution in [1.29, 1.82) is 0 Å². The monoisotopic (exact) mass is 468 g/mol. The molecule has 3 aromatic rings. The number of hydrogen-bond donors (Lipinski definition) is 0. The first-order chi connectivity index (χ1) is 15.0. The van der Waals surface area contributed by atoms with Gasteiger partial charge in [-0.25, -0.2) is 17.2 Å². The summed E-state index contributed by atoms with van der Waals surface area (Å²) in [6, 6.07) is 10.8. The highest BCUT2D eigenvalue weighted by atomic mass is 32.2. The van der Waals surface area contributed by atoms with E-state index in [0.717, 1.165) is 3.97 Å². The van der Waals surface area contributed by atoms with Gasteiger partial charge in [0.25, 0.3) is 10.0 Å². The lowest BCUT2D eigenvalue weighted by Gasteiger charge is -2.27. The van der Waals surface area contributed by atoms with Gasteiger partial charge in [0.05, 0.1) is 16.0 Å². The second-order valence-electron chi connectivity index (χ2n) is 7.38. The van der Waals surface area contributed by atoms with Crippen LogP contribution in [-0.4, -0.2) is 49.6 Å². The standard InChI is InChI=1S/C21H19F3N2O5S/c1-13-12-16-17(19(25(2)10-11-30-16)31-20(27)21(22,23)24)15-8-9-26(18(13)15)32(28,29)14-6-4-3-5-7-14/h3-9,12,19H,10-11H2,1-2H3. The fraction of sp³-hybridized carbons (Fsp3) is 0.286. The van der Waals surface area contributed by atoms with E-state index in [1.807, 2.05) is 0 Å². The molecule has 0 bridgehead atoms. The van der Waals surface area contributed by atoms with Crippen LogP contribution in [0.25, 0.3) is 10.9 Å². The first-order valence-electron chi connectivity index (χ1n) is 9.58. The van der Waals surface area contributed by atoms with E-state index in [0.29, 0.717) is 10.9 Å². The molecule has 1 aliphatic rings. The van der Waals surface area contributed by atoms with Gasteiger partial charge in [0, 0.05) is 18.1 Å². The van der Waals surface area contributed by atoms with Crippen molar-refractivity contribution in [3.63, 3.8) is 0 Å². The number of likely N-dealkylation sites (N-methyl/N-ethyl adjacent to an activating group) is 1. The van der Waals surface area contributed by atoms with E-state index in [1.165, 1.54) is 36.3 Å². The molecule has 0 aliphatic carbocycles. The number of ether oxygens (including phenoxy) is 2. The summed E-state index contributed by atoms with van der Waals surface area (Å²) in [5, 5.41) is 0.313. The Kier molecular flexibility index (Phi) is 5.41. The van der Waals surface area contributed by atoms with Crippen LogP contribution in [-0.2, 0) is 19.6 Å². The molecule has 7 nitrogen and oxygen atoms in total. The third kappa shape index (κ3) is 3.71. The van der Waals surface area contributed by atoms with Gasteiger partial charge >= 0.3 is 12.1 Å². The van der Waals surface area contributed by atoms with Gasteiger partial charge < -0.3 is 9.47 Å². The molecule has 2 aromatic carbocycles. The van der Waals surface area contributed by atoms with Crippen molar-refractivity contribution < 1.29 is 35.9 Å². The maximum atomic E-state index is 13.2. The molecule has 170 valence electrons. The van der Waals surface area contributed by atoms with Crippen LogP contribution in [0.4, 0.5) is 13.2 Å². The molecule has 0 spiro atoms. The number of benzene rings is 2. The molecule has 1 unspecified atom stereocenters. The molecule has 2 heterocycles. The van der Waals surface area contributed by atoms with E-state index < -0.39 is 28.4 Å². The normalized spacial score (nSPS) is 17.5. The highest BCUT2D eigenvalue weighted by Gasteiger charge is 2.44. The average Bonchev–Trinajstić information content (AvgIpc) is 3.13. The highest BCUT2D eigenvalue weighted by Crippen LogP contribution is 2.41. The Morgan fingerprint density at radius 1 is 1.19 bits per heavy atom. The predicted molar refractivity (Wildman–Crippen MR) is 109 cm³/mol. The number of carbonyl (C=O) groups is 1. The van der Waals surface area contributed by atoms with Crippen LogP contribution in [0.15, 0.2) is 53.6 Å². The Labute approximate surface area is 182 Å². The number of aryl methyl sites for hydroxylation is 1. The van der Waals surface area contributed by atoms with Crippen LogP contribution in [0.1, 0.15) is 17.4 Å². The maximum absolute atomic E-state index is 13.2. The van der Waals surface area contributed by atoms with Crippen LogP contribution in [0.5, 0.6) is 5.75 Å². The zero-order chi connectivity index (χ0) is 23.3. The molecule has 4 rings (SSSR count). The van der Waals surface area contributed by atoms with E-state index in [1.54, 1.807) is 31.2 Å². The summed E-state index contributed by atoms with van der Waals surface area (Å²) in [6.45, 7) is 2.01. The van der Waals surface area contributed by atoms with Gasteiger partial charge in [-0.3, -0.25) is 4.90 Å². The summed E-state index contributed by atoms with van der Waals surface area (Å²) in [6.07, 6.45) is -5.27. The summed E-state index contributed by atoms with van der Waals surface area (Å²) < 4.78 is 76.9. The van der Waals surface area contributed by atoms with Gasteiger partial charge in [0.2, 0.25) is 0 Å². The topological polar surface area (TPSA) is 77.8 Å². The smallest absolute Gasteiger partial charge is 0.490 e. The minimum absolute atomic E-state index is 0.0558. The molecule has 0 radical (unpaired) electrons. The van der Waals surface area contributed by atoms with Crippen molar-refractivity contribution in [3.8, 4) is 5.75 Å². The average molecular weight is 468 g/mol. The van der Waals surface area contributed by atoms with E-state index in [2.05, 4.69) is 0 Å². The zero-order valence-electron chi connectivity index (χ0n) is 17.1. The Morgan fingerprint density at radius 3 is 2.53 bits per heavy atom. The van der Waals surface area contributed by atoms with Crippen molar-refractivity contribution in [2.75, 3.05) is 20.2 Å². The number of aromatic nitrogens is 1. The Hall–Kier alpha value is -3.05. The molecule has 32 heavy (non-hydrogen) atoms. The molecule has 0 N–H and O–H groups in total. The predicted octanol–water partition coefficient (Wildman–Crippen LogP) is 3.62. The second-order valence-corrected chi connectivity index (χ2v) is 9.20. The molecule has 0 saturated heterocycles. The van der Waals surface area contributed by atoms with Crippen molar-refractivity contribution in [2.45, 2.75) is 24.2 Å². The zero-order valence-corrected chi connectivity index (χ0v) is 17.9. The number of carbonyl (C=O) groups excluding carboxylic acids is 1. The van der Waals surface area contributed by atoms with Crippen molar-refractivity contribution in [1.82, 2.24) is 8.87 Å². The summed E-state index contributed by atoms with van der Waals surface area (Å²) in [5.41, 5.74) is 0.957. The van der Waals surface area contributed by atoms with Crippen molar-refractivity contribution in [3.05, 3.63) is 59.8 Å².